The number of nitrogens with zero attached hydrogens (tertiary/aromatic N) is 1. The molecular formula is C16H18N2O6S. The van der Waals surface area contributed by atoms with Crippen LogP contribution in [-0.2, 0) is 24.4 Å². The summed E-state index contributed by atoms with van der Waals surface area (Å²) in [5.41, 5.74) is -0.0846. The summed E-state index contributed by atoms with van der Waals surface area (Å²) < 4.78 is 40.2. The number of nitriles is 1. The van der Waals surface area contributed by atoms with Crippen molar-refractivity contribution in [2.24, 2.45) is 0 Å². The number of benzene rings is 1. The molecule has 5 atom stereocenters. The lowest BCUT2D eigenvalue weighted by Crippen LogP contribution is -2.46. The summed E-state index contributed by atoms with van der Waals surface area (Å²) in [5.74, 6) is -0.417. The molecule has 1 aromatic carbocycles. The number of hydrogen-bond donors (Lipinski definition) is 2. The van der Waals surface area contributed by atoms with Crippen molar-refractivity contribution in [2.45, 2.75) is 55.1 Å². The molecule has 3 saturated heterocycles. The highest BCUT2D eigenvalue weighted by molar-refractivity contribution is 7.85. The molecule has 134 valence electrons. The van der Waals surface area contributed by atoms with Crippen LogP contribution in [0.2, 0.25) is 0 Å². The van der Waals surface area contributed by atoms with E-state index in [1.807, 2.05) is 6.92 Å². The number of carbonyl (C=O) groups excluding carboxylic acids is 1. The zero-order chi connectivity index (χ0) is 18.4. The Kier molecular flexibility index (Phi) is 4.33. The lowest BCUT2D eigenvalue weighted by Gasteiger charge is -2.26. The second kappa shape index (κ2) is 6.07. The Morgan fingerprint density at radius 1 is 1.40 bits per heavy atom. The van der Waals surface area contributed by atoms with Gasteiger partial charge >= 0.3 is 5.97 Å². The number of rotatable bonds is 2. The predicted molar refractivity (Wildman–Crippen MR) is 85.1 cm³/mol. The van der Waals surface area contributed by atoms with Crippen molar-refractivity contribution in [2.75, 3.05) is 0 Å². The minimum atomic E-state index is -4.02. The summed E-state index contributed by atoms with van der Waals surface area (Å²) >= 11 is 0. The third-order valence-corrected chi connectivity index (χ3v) is 5.38. The van der Waals surface area contributed by atoms with Crippen molar-refractivity contribution in [1.29, 1.82) is 5.26 Å². The van der Waals surface area contributed by atoms with Crippen LogP contribution in [0.15, 0.2) is 29.2 Å². The molecule has 0 amide bonds. The predicted octanol–water partition coefficient (Wildman–Crippen LogP) is 0.565. The van der Waals surface area contributed by atoms with Gasteiger partial charge in [-0.05, 0) is 19.1 Å². The van der Waals surface area contributed by atoms with Gasteiger partial charge in [0, 0.05) is 13.3 Å². The molecule has 0 aliphatic carbocycles. The van der Waals surface area contributed by atoms with E-state index in [1.54, 1.807) is 12.1 Å². The van der Waals surface area contributed by atoms with Crippen LogP contribution in [-0.4, -0.2) is 48.8 Å². The smallest absolute Gasteiger partial charge is 0.304 e. The Morgan fingerprint density at radius 3 is 2.48 bits per heavy atom. The van der Waals surface area contributed by atoms with Crippen LogP contribution in [0.4, 0.5) is 0 Å². The molecule has 3 heterocycles. The van der Waals surface area contributed by atoms with Gasteiger partial charge in [-0.25, -0.2) is 0 Å². The summed E-state index contributed by atoms with van der Waals surface area (Å²) in [5, 5.41) is 12.3. The van der Waals surface area contributed by atoms with E-state index >= 15 is 0 Å². The minimum Gasteiger partial charge on any atom is -0.441 e. The van der Waals surface area contributed by atoms with Crippen LogP contribution in [0.25, 0.3) is 0 Å². The second-order valence-electron chi connectivity index (χ2n) is 6.40. The average Bonchev–Trinajstić information content (AvgIpc) is 3.15. The van der Waals surface area contributed by atoms with Crippen LogP contribution in [0.1, 0.15) is 18.9 Å². The summed E-state index contributed by atoms with van der Waals surface area (Å²) in [6.45, 7) is 3.16. The maximum absolute atomic E-state index is 10.9. The summed E-state index contributed by atoms with van der Waals surface area (Å²) in [7, 11) is -4.02. The van der Waals surface area contributed by atoms with Gasteiger partial charge in [0.25, 0.3) is 10.1 Å². The molecule has 2 bridgehead atoms. The first-order chi connectivity index (χ1) is 11.7. The van der Waals surface area contributed by atoms with Crippen LogP contribution in [0.5, 0.6) is 0 Å². The fourth-order valence-electron chi connectivity index (χ4n) is 3.33. The highest BCUT2D eigenvalue weighted by Gasteiger charge is 2.71. The number of esters is 1. The van der Waals surface area contributed by atoms with Crippen molar-refractivity contribution in [3.8, 4) is 6.07 Å². The van der Waals surface area contributed by atoms with E-state index in [0.29, 0.717) is 12.5 Å². The normalized spacial score (nSPS) is 34.3. The van der Waals surface area contributed by atoms with E-state index in [2.05, 4.69) is 11.4 Å². The quantitative estimate of drug-likeness (QED) is 0.440. The van der Waals surface area contributed by atoms with E-state index in [4.69, 9.17) is 19.3 Å². The SMILES string of the molecule is CC(=O)OC1(C#N)CC2OC1C1NC21.Cc1ccc(S(=O)(=O)O)cc1. The zero-order valence-corrected chi connectivity index (χ0v) is 14.5. The fourth-order valence-corrected chi connectivity index (χ4v) is 3.81. The van der Waals surface area contributed by atoms with Crippen LogP contribution in [0, 0.1) is 18.3 Å². The topological polar surface area (TPSA) is 136 Å². The molecule has 1 aromatic rings. The largest absolute Gasteiger partial charge is 0.441 e. The van der Waals surface area contributed by atoms with Crippen LogP contribution in [0.3, 0.4) is 0 Å². The second-order valence-corrected chi connectivity index (χ2v) is 7.82. The number of nitrogens with one attached hydrogen (secondary N) is 1. The molecule has 0 aromatic heterocycles. The molecule has 25 heavy (non-hydrogen) atoms. The fraction of sp³-hybridized carbons (Fsp3) is 0.500. The molecule has 3 fully saturated rings. The van der Waals surface area contributed by atoms with E-state index in [1.165, 1.54) is 19.1 Å². The van der Waals surface area contributed by atoms with E-state index in [9.17, 15) is 13.2 Å². The van der Waals surface area contributed by atoms with E-state index < -0.39 is 21.7 Å². The summed E-state index contributed by atoms with van der Waals surface area (Å²) in [6, 6.07) is 8.68. The maximum atomic E-state index is 10.9. The van der Waals surface area contributed by atoms with Gasteiger partial charge in [0.15, 0.2) is 0 Å². The van der Waals surface area contributed by atoms with Crippen LogP contribution >= 0.6 is 0 Å². The Bertz CT molecular complexity index is 831. The van der Waals surface area contributed by atoms with Gasteiger partial charge in [0.05, 0.1) is 23.1 Å². The molecule has 0 radical (unpaired) electrons. The zero-order valence-electron chi connectivity index (χ0n) is 13.7. The molecule has 3 aliphatic heterocycles. The first-order valence-corrected chi connectivity index (χ1v) is 9.17. The van der Waals surface area contributed by atoms with E-state index in [0.717, 1.165) is 5.56 Å². The van der Waals surface area contributed by atoms with Gasteiger partial charge in [-0.3, -0.25) is 9.35 Å². The molecule has 9 heteroatoms. The highest BCUT2D eigenvalue weighted by Crippen LogP contribution is 2.49. The van der Waals surface area contributed by atoms with E-state index in [-0.39, 0.29) is 23.1 Å². The number of aryl methyl sites for hydroxylation is 1. The Balaban J connectivity index is 0.000000151. The lowest BCUT2D eigenvalue weighted by atomic mass is 9.86. The first kappa shape index (κ1) is 17.8. The average molecular weight is 366 g/mol. The third-order valence-electron chi connectivity index (χ3n) is 4.51. The number of ether oxygens (including phenoxy) is 2. The Hall–Kier alpha value is -1.99. The highest BCUT2D eigenvalue weighted by atomic mass is 32.2. The number of carbonyl (C=O) groups is 1. The molecule has 5 unspecified atom stereocenters. The number of morpholine rings is 1. The van der Waals surface area contributed by atoms with Crippen molar-refractivity contribution in [3.63, 3.8) is 0 Å². The maximum Gasteiger partial charge on any atom is 0.304 e. The van der Waals surface area contributed by atoms with Crippen molar-refractivity contribution in [1.82, 2.24) is 5.32 Å². The van der Waals surface area contributed by atoms with Gasteiger partial charge in [0.1, 0.15) is 12.2 Å². The lowest BCUT2D eigenvalue weighted by molar-refractivity contribution is -0.155. The molecule has 0 spiro atoms. The van der Waals surface area contributed by atoms with Crippen molar-refractivity contribution < 1.29 is 27.2 Å². The van der Waals surface area contributed by atoms with Gasteiger partial charge in [0.2, 0.25) is 5.60 Å². The molecule has 8 nitrogen and oxygen atoms in total. The third kappa shape index (κ3) is 3.39. The molecule has 4 rings (SSSR count). The van der Waals surface area contributed by atoms with Crippen molar-refractivity contribution >= 4 is 16.1 Å². The van der Waals surface area contributed by atoms with Gasteiger partial charge in [-0.1, -0.05) is 17.7 Å². The molecule has 2 N–H and O–H groups in total. The first-order valence-electron chi connectivity index (χ1n) is 7.73. The van der Waals surface area contributed by atoms with Gasteiger partial charge in [-0.2, -0.15) is 13.7 Å². The van der Waals surface area contributed by atoms with Gasteiger partial charge in [-0.15, -0.1) is 0 Å². The Labute approximate surface area is 145 Å². The Morgan fingerprint density at radius 2 is 2.04 bits per heavy atom. The molecule has 0 saturated carbocycles. The standard InChI is InChI=1S/C9H10N2O3.C7H8O3S/c1-4(12)14-9(3-10)2-5-6-7(11-6)8(9)13-5;1-6-2-4-7(5-3-6)11(8,9)10/h5-8,11H,2H2,1H3;2-5H,1H3,(H,8,9,10). The minimum absolute atomic E-state index is 0.0454. The molecular weight excluding hydrogens is 348 g/mol. The summed E-state index contributed by atoms with van der Waals surface area (Å²) in [4.78, 5) is 10.8. The number of hydrogen-bond acceptors (Lipinski definition) is 7. The van der Waals surface area contributed by atoms with Crippen molar-refractivity contribution in [3.05, 3.63) is 29.8 Å². The van der Waals surface area contributed by atoms with Gasteiger partial charge < -0.3 is 14.8 Å². The monoisotopic (exact) mass is 366 g/mol. The van der Waals surface area contributed by atoms with Crippen LogP contribution < -0.4 is 5.32 Å². The summed E-state index contributed by atoms with van der Waals surface area (Å²) in [6.07, 6.45) is 0.275. The molecule has 3 aliphatic rings. The number of fused-ring (bicyclic) bond motifs is 5.